The highest BCUT2D eigenvalue weighted by molar-refractivity contribution is 5.91. The molecule has 1 fully saturated rings. The van der Waals surface area contributed by atoms with Crippen molar-refractivity contribution in [2.75, 3.05) is 26.0 Å². The zero-order valence-electron chi connectivity index (χ0n) is 11.0. The van der Waals surface area contributed by atoms with Crippen LogP contribution in [-0.4, -0.2) is 53.6 Å². The Morgan fingerprint density at radius 3 is 2.58 bits per heavy atom. The van der Waals surface area contributed by atoms with Gasteiger partial charge in [-0.25, -0.2) is 0 Å². The topological polar surface area (TPSA) is 87.2 Å². The SMILES string of the molecule is CN(C)C(=O)c1ccc(NCC(=O)NC2CC2)nn1. The molecule has 1 aliphatic carbocycles. The van der Waals surface area contributed by atoms with E-state index in [4.69, 9.17) is 0 Å². The van der Waals surface area contributed by atoms with Gasteiger partial charge in [0, 0.05) is 20.1 Å². The molecule has 0 atom stereocenters. The van der Waals surface area contributed by atoms with Gasteiger partial charge in [-0.2, -0.15) is 0 Å². The van der Waals surface area contributed by atoms with Crippen molar-refractivity contribution in [3.63, 3.8) is 0 Å². The molecule has 0 radical (unpaired) electrons. The van der Waals surface area contributed by atoms with Gasteiger partial charge in [0.25, 0.3) is 5.91 Å². The van der Waals surface area contributed by atoms with Crippen LogP contribution >= 0.6 is 0 Å². The molecule has 0 unspecified atom stereocenters. The maximum Gasteiger partial charge on any atom is 0.273 e. The minimum Gasteiger partial charge on any atom is -0.360 e. The number of rotatable bonds is 5. The summed E-state index contributed by atoms with van der Waals surface area (Å²) >= 11 is 0. The summed E-state index contributed by atoms with van der Waals surface area (Å²) in [7, 11) is 3.30. The number of nitrogens with zero attached hydrogens (tertiary/aromatic N) is 3. The lowest BCUT2D eigenvalue weighted by atomic mass is 10.3. The summed E-state index contributed by atoms with van der Waals surface area (Å²) < 4.78 is 0. The van der Waals surface area contributed by atoms with Crippen LogP contribution in [0.3, 0.4) is 0 Å². The van der Waals surface area contributed by atoms with Gasteiger partial charge in [-0.3, -0.25) is 9.59 Å². The molecule has 0 bridgehead atoms. The second-order valence-electron chi connectivity index (χ2n) is 4.70. The maximum absolute atomic E-state index is 11.6. The summed E-state index contributed by atoms with van der Waals surface area (Å²) in [5, 5.41) is 13.4. The second-order valence-corrected chi connectivity index (χ2v) is 4.70. The summed E-state index contributed by atoms with van der Waals surface area (Å²) in [6, 6.07) is 3.56. The van der Waals surface area contributed by atoms with Crippen molar-refractivity contribution in [2.24, 2.45) is 0 Å². The molecule has 1 aromatic heterocycles. The smallest absolute Gasteiger partial charge is 0.273 e. The minimum absolute atomic E-state index is 0.0576. The molecule has 102 valence electrons. The van der Waals surface area contributed by atoms with Gasteiger partial charge in [-0.1, -0.05) is 0 Å². The first-order valence-electron chi connectivity index (χ1n) is 6.15. The van der Waals surface area contributed by atoms with Gasteiger partial charge in [0.2, 0.25) is 5.91 Å². The second kappa shape index (κ2) is 5.64. The number of carbonyl (C=O) groups is 2. The van der Waals surface area contributed by atoms with E-state index >= 15 is 0 Å². The molecular formula is C12H17N5O2. The highest BCUT2D eigenvalue weighted by Crippen LogP contribution is 2.18. The minimum atomic E-state index is -0.203. The molecule has 19 heavy (non-hydrogen) atoms. The Morgan fingerprint density at radius 2 is 2.05 bits per heavy atom. The van der Waals surface area contributed by atoms with E-state index in [0.717, 1.165) is 12.8 Å². The van der Waals surface area contributed by atoms with Gasteiger partial charge in [0.15, 0.2) is 5.69 Å². The molecule has 0 aromatic carbocycles. The summed E-state index contributed by atoms with van der Waals surface area (Å²) in [6.45, 7) is 0.159. The van der Waals surface area contributed by atoms with Crippen LogP contribution < -0.4 is 10.6 Å². The number of amides is 2. The third-order valence-electron chi connectivity index (χ3n) is 2.66. The first-order chi connectivity index (χ1) is 9.06. The average molecular weight is 263 g/mol. The molecule has 1 aliphatic rings. The lowest BCUT2D eigenvalue weighted by Crippen LogP contribution is -2.31. The van der Waals surface area contributed by atoms with Crippen molar-refractivity contribution in [3.8, 4) is 0 Å². The van der Waals surface area contributed by atoms with Crippen LogP contribution in [0.2, 0.25) is 0 Å². The monoisotopic (exact) mass is 263 g/mol. The van der Waals surface area contributed by atoms with Crippen molar-refractivity contribution in [1.82, 2.24) is 20.4 Å². The molecule has 2 rings (SSSR count). The lowest BCUT2D eigenvalue weighted by molar-refractivity contribution is -0.119. The number of nitrogens with one attached hydrogen (secondary N) is 2. The Balaban J connectivity index is 1.84. The van der Waals surface area contributed by atoms with Gasteiger partial charge in [0.1, 0.15) is 5.82 Å². The zero-order valence-corrected chi connectivity index (χ0v) is 11.0. The third-order valence-corrected chi connectivity index (χ3v) is 2.66. The Hall–Kier alpha value is -2.18. The van der Waals surface area contributed by atoms with E-state index in [9.17, 15) is 9.59 Å². The standard InChI is InChI=1S/C12H17N5O2/c1-17(2)12(19)9-5-6-10(16-15-9)13-7-11(18)14-8-3-4-8/h5-6,8H,3-4,7H2,1-2H3,(H,13,16)(H,14,18). The molecule has 1 aromatic rings. The third kappa shape index (κ3) is 3.90. The molecule has 1 saturated carbocycles. The van der Waals surface area contributed by atoms with Crippen molar-refractivity contribution >= 4 is 17.6 Å². The fourth-order valence-corrected chi connectivity index (χ4v) is 1.45. The maximum atomic E-state index is 11.6. The Bertz CT molecular complexity index is 468. The molecule has 2 amide bonds. The lowest BCUT2D eigenvalue weighted by Gasteiger charge is -2.09. The molecule has 1 heterocycles. The average Bonchev–Trinajstić information content (AvgIpc) is 3.20. The van der Waals surface area contributed by atoms with E-state index in [1.807, 2.05) is 0 Å². The molecule has 0 saturated heterocycles. The van der Waals surface area contributed by atoms with Gasteiger partial charge in [-0.15, -0.1) is 10.2 Å². The number of aromatic nitrogens is 2. The fraction of sp³-hybridized carbons (Fsp3) is 0.500. The summed E-state index contributed by atoms with van der Waals surface area (Å²) in [5.74, 6) is 0.213. The van der Waals surface area contributed by atoms with E-state index < -0.39 is 0 Å². The van der Waals surface area contributed by atoms with E-state index in [0.29, 0.717) is 11.9 Å². The van der Waals surface area contributed by atoms with E-state index in [-0.39, 0.29) is 24.1 Å². The number of carbonyl (C=O) groups excluding carboxylic acids is 2. The quantitative estimate of drug-likeness (QED) is 0.772. The number of hydrogen-bond acceptors (Lipinski definition) is 5. The highest BCUT2D eigenvalue weighted by atomic mass is 16.2. The summed E-state index contributed by atoms with van der Waals surface area (Å²) in [6.07, 6.45) is 2.12. The van der Waals surface area contributed by atoms with Gasteiger partial charge < -0.3 is 15.5 Å². The van der Waals surface area contributed by atoms with Gasteiger partial charge in [0.05, 0.1) is 6.54 Å². The van der Waals surface area contributed by atoms with E-state index in [2.05, 4.69) is 20.8 Å². The van der Waals surface area contributed by atoms with Crippen molar-refractivity contribution in [2.45, 2.75) is 18.9 Å². The first kappa shape index (κ1) is 13.3. The highest BCUT2D eigenvalue weighted by Gasteiger charge is 2.22. The molecule has 0 aliphatic heterocycles. The van der Waals surface area contributed by atoms with E-state index in [1.165, 1.54) is 4.90 Å². The molecule has 2 N–H and O–H groups in total. The van der Waals surface area contributed by atoms with Crippen LogP contribution in [-0.2, 0) is 4.79 Å². The first-order valence-corrected chi connectivity index (χ1v) is 6.15. The fourth-order valence-electron chi connectivity index (χ4n) is 1.45. The Kier molecular flexibility index (Phi) is 3.94. The molecular weight excluding hydrogens is 246 g/mol. The predicted octanol–water partition coefficient (Wildman–Crippen LogP) is -0.131. The summed E-state index contributed by atoms with van der Waals surface area (Å²) in [4.78, 5) is 24.5. The van der Waals surface area contributed by atoms with E-state index in [1.54, 1.807) is 26.2 Å². The van der Waals surface area contributed by atoms with Crippen LogP contribution in [0.1, 0.15) is 23.3 Å². The Labute approximate surface area is 111 Å². The van der Waals surface area contributed by atoms with Crippen molar-refractivity contribution < 1.29 is 9.59 Å². The largest absolute Gasteiger partial charge is 0.360 e. The normalized spacial score (nSPS) is 13.8. The van der Waals surface area contributed by atoms with Crippen LogP contribution in [0.15, 0.2) is 12.1 Å². The molecule has 7 heteroatoms. The number of anilines is 1. The van der Waals surface area contributed by atoms with Crippen LogP contribution in [0.25, 0.3) is 0 Å². The van der Waals surface area contributed by atoms with Crippen molar-refractivity contribution in [3.05, 3.63) is 17.8 Å². The van der Waals surface area contributed by atoms with Gasteiger partial charge >= 0.3 is 0 Å². The van der Waals surface area contributed by atoms with Crippen LogP contribution in [0.4, 0.5) is 5.82 Å². The number of hydrogen-bond donors (Lipinski definition) is 2. The zero-order chi connectivity index (χ0) is 13.8. The van der Waals surface area contributed by atoms with Crippen molar-refractivity contribution in [1.29, 1.82) is 0 Å². The predicted molar refractivity (Wildman–Crippen MR) is 69.7 cm³/mol. The van der Waals surface area contributed by atoms with Gasteiger partial charge in [-0.05, 0) is 25.0 Å². The molecule has 7 nitrogen and oxygen atoms in total. The van der Waals surface area contributed by atoms with Crippen LogP contribution in [0.5, 0.6) is 0 Å². The Morgan fingerprint density at radius 1 is 1.32 bits per heavy atom. The van der Waals surface area contributed by atoms with Crippen LogP contribution in [0, 0.1) is 0 Å². The molecule has 0 spiro atoms. The summed E-state index contributed by atoms with van der Waals surface area (Å²) in [5.41, 5.74) is 0.276.